The highest BCUT2D eigenvalue weighted by Gasteiger charge is 2.24. The Morgan fingerprint density at radius 1 is 0.621 bits per heavy atom. The van der Waals surface area contributed by atoms with Gasteiger partial charge in [0.15, 0.2) is 0 Å². The molecule has 0 aliphatic carbocycles. The average molecular weight is 833 g/mol. The van der Waals surface area contributed by atoms with E-state index < -0.39 is 20.0 Å². The number of quaternary nitrogens is 1. The van der Waals surface area contributed by atoms with E-state index in [1.807, 2.05) is 21.1 Å². The summed E-state index contributed by atoms with van der Waals surface area (Å²) in [6.07, 6.45) is 53.3. The predicted octanol–water partition coefficient (Wildman–Crippen LogP) is 12.6. The highest BCUT2D eigenvalue weighted by molar-refractivity contribution is 7.45. The number of likely N-dealkylation sites (N-methyl/N-ethyl adjacent to an activating group) is 1. The third-order valence-electron chi connectivity index (χ3n) is 9.96. The number of nitrogens with one attached hydrogen (secondary N) is 1. The lowest BCUT2D eigenvalue weighted by Crippen LogP contribution is -2.46. The van der Waals surface area contributed by atoms with Gasteiger partial charge in [0.1, 0.15) is 13.2 Å². The number of rotatable bonds is 41. The summed E-state index contributed by atoms with van der Waals surface area (Å²) >= 11 is 0. The summed E-state index contributed by atoms with van der Waals surface area (Å²) in [5, 5.41) is 13.9. The first-order valence-corrected chi connectivity index (χ1v) is 24.7. The second-order valence-electron chi connectivity index (χ2n) is 16.7. The molecule has 0 aromatic heterocycles. The smallest absolute Gasteiger partial charge is 0.268 e. The minimum atomic E-state index is -4.58. The van der Waals surface area contributed by atoms with Crippen LogP contribution in [-0.2, 0) is 18.4 Å². The van der Waals surface area contributed by atoms with Crippen molar-refractivity contribution in [1.82, 2.24) is 5.32 Å². The molecule has 0 rings (SSSR count). The van der Waals surface area contributed by atoms with Gasteiger partial charge in [0.05, 0.1) is 39.9 Å². The van der Waals surface area contributed by atoms with Crippen LogP contribution < -0.4 is 10.2 Å². The first kappa shape index (κ1) is 55.9. The molecule has 3 unspecified atom stereocenters. The van der Waals surface area contributed by atoms with E-state index in [-0.39, 0.29) is 19.1 Å². The normalized spacial score (nSPS) is 14.9. The molecule has 0 aliphatic rings. The number of hydrogen-bond donors (Lipinski definition) is 2. The fraction of sp³-hybridized carbons (Fsp3) is 0.735. The molecule has 0 fully saturated rings. The van der Waals surface area contributed by atoms with Crippen LogP contribution in [0.25, 0.3) is 0 Å². The lowest BCUT2D eigenvalue weighted by molar-refractivity contribution is -0.870. The summed E-state index contributed by atoms with van der Waals surface area (Å²) in [5.41, 5.74) is 0. The van der Waals surface area contributed by atoms with Crippen LogP contribution in [0.2, 0.25) is 0 Å². The minimum absolute atomic E-state index is 0.00289. The fourth-order valence-electron chi connectivity index (χ4n) is 6.28. The van der Waals surface area contributed by atoms with Gasteiger partial charge in [-0.05, 0) is 64.2 Å². The highest BCUT2D eigenvalue weighted by atomic mass is 31.2. The van der Waals surface area contributed by atoms with Gasteiger partial charge in [0.2, 0.25) is 5.91 Å². The molecule has 0 heterocycles. The predicted molar refractivity (Wildman–Crippen MR) is 247 cm³/mol. The number of unbranched alkanes of at least 4 members (excludes halogenated alkanes) is 16. The Balaban J connectivity index is 4.38. The number of carbonyl (C=O) groups is 1. The summed E-state index contributed by atoms with van der Waals surface area (Å²) < 4.78 is 23.3. The Bertz CT molecular complexity index is 1170. The zero-order valence-electron chi connectivity index (χ0n) is 38.0. The fourth-order valence-corrected chi connectivity index (χ4v) is 7.00. The van der Waals surface area contributed by atoms with E-state index in [9.17, 15) is 19.4 Å². The van der Waals surface area contributed by atoms with Crippen molar-refractivity contribution in [2.45, 2.75) is 193 Å². The van der Waals surface area contributed by atoms with Gasteiger partial charge < -0.3 is 28.8 Å². The van der Waals surface area contributed by atoms with E-state index in [4.69, 9.17) is 9.05 Å². The topological polar surface area (TPSA) is 108 Å². The highest BCUT2D eigenvalue weighted by Crippen LogP contribution is 2.38. The minimum Gasteiger partial charge on any atom is -0.756 e. The van der Waals surface area contributed by atoms with Gasteiger partial charge in [0, 0.05) is 6.42 Å². The molecule has 0 aromatic rings. The number of aliphatic hydroxyl groups is 1. The summed E-state index contributed by atoms with van der Waals surface area (Å²) in [5.74, 6) is -0.193. The number of amides is 1. The molecule has 58 heavy (non-hydrogen) atoms. The molecule has 0 radical (unpaired) electrons. The van der Waals surface area contributed by atoms with Crippen molar-refractivity contribution in [2.75, 3.05) is 40.9 Å². The number of aliphatic hydroxyl groups excluding tert-OH is 1. The second kappa shape index (κ2) is 40.4. The van der Waals surface area contributed by atoms with Crippen molar-refractivity contribution in [1.29, 1.82) is 0 Å². The van der Waals surface area contributed by atoms with Crippen LogP contribution in [-0.4, -0.2) is 68.5 Å². The molecule has 0 aromatic carbocycles. The number of carbonyl (C=O) groups excluding carboxylic acids is 1. The summed E-state index contributed by atoms with van der Waals surface area (Å²) in [6, 6.07) is -0.817. The Kier molecular flexibility index (Phi) is 38.9. The lowest BCUT2D eigenvalue weighted by Gasteiger charge is -2.30. The van der Waals surface area contributed by atoms with Crippen LogP contribution in [0.5, 0.6) is 0 Å². The molecule has 336 valence electrons. The third kappa shape index (κ3) is 42.1. The standard InChI is InChI=1S/C49H89N2O6P/c1-6-8-10-12-14-16-18-20-21-22-23-24-25-26-27-28-29-31-33-35-37-39-41-43-49(53)50-47(46-57-58(54,55)56-45-44-51(3,4)5)48(52)42-40-38-36-34-32-30-19-17-15-13-11-9-7-2/h8,10,14,16,20-21,23-24,26-27,29,31,47-48,52H,6-7,9,11-13,15,17-19,22,25,28,30,32-46H2,1-5H3,(H-,50,53,54,55)/b10-8-,16-14-,21-20-,24-23-,27-26-,31-29-. The zero-order chi connectivity index (χ0) is 42.8. The van der Waals surface area contributed by atoms with Crippen molar-refractivity contribution in [2.24, 2.45) is 0 Å². The molecule has 0 saturated carbocycles. The largest absolute Gasteiger partial charge is 0.756 e. The summed E-state index contributed by atoms with van der Waals surface area (Å²) in [4.78, 5) is 25.3. The van der Waals surface area contributed by atoms with E-state index in [0.717, 1.165) is 89.9 Å². The maximum Gasteiger partial charge on any atom is 0.268 e. The van der Waals surface area contributed by atoms with Gasteiger partial charge >= 0.3 is 0 Å². The van der Waals surface area contributed by atoms with E-state index in [2.05, 4.69) is 92.1 Å². The van der Waals surface area contributed by atoms with Crippen molar-refractivity contribution in [3.8, 4) is 0 Å². The number of phosphoric acid groups is 1. The molecular formula is C49H89N2O6P. The Hall–Kier alpha value is -2.06. The molecule has 0 aliphatic heterocycles. The van der Waals surface area contributed by atoms with Crippen molar-refractivity contribution in [3.05, 3.63) is 72.9 Å². The van der Waals surface area contributed by atoms with Gasteiger partial charge in [-0.3, -0.25) is 9.36 Å². The lowest BCUT2D eigenvalue weighted by atomic mass is 10.0. The maximum atomic E-state index is 12.9. The van der Waals surface area contributed by atoms with Crippen LogP contribution in [0.3, 0.4) is 0 Å². The van der Waals surface area contributed by atoms with Crippen LogP contribution in [0.4, 0.5) is 0 Å². The molecule has 0 bridgehead atoms. The van der Waals surface area contributed by atoms with Crippen LogP contribution >= 0.6 is 7.82 Å². The van der Waals surface area contributed by atoms with Crippen LogP contribution in [0.15, 0.2) is 72.9 Å². The van der Waals surface area contributed by atoms with E-state index >= 15 is 0 Å². The number of allylic oxidation sites excluding steroid dienone is 12. The number of nitrogens with zero attached hydrogens (tertiary/aromatic N) is 1. The van der Waals surface area contributed by atoms with Gasteiger partial charge in [0.25, 0.3) is 7.82 Å². The monoisotopic (exact) mass is 833 g/mol. The van der Waals surface area contributed by atoms with Crippen molar-refractivity contribution >= 4 is 13.7 Å². The Morgan fingerprint density at radius 3 is 1.53 bits per heavy atom. The molecular weight excluding hydrogens is 744 g/mol. The van der Waals surface area contributed by atoms with Crippen LogP contribution in [0.1, 0.15) is 181 Å². The van der Waals surface area contributed by atoms with Crippen molar-refractivity contribution in [3.63, 3.8) is 0 Å². The molecule has 3 atom stereocenters. The SMILES string of the molecule is CC/C=C\C/C=C\C/C=C\C/C=C\C/C=C\C/C=C\CCCCCCC(=O)NC(COP(=O)([O-])OCC[N+](C)(C)C)C(O)CCCCCCCCCCCCCCC. The summed E-state index contributed by atoms with van der Waals surface area (Å²) in [7, 11) is 1.27. The quantitative estimate of drug-likeness (QED) is 0.0275. The first-order valence-electron chi connectivity index (χ1n) is 23.3. The van der Waals surface area contributed by atoms with E-state index in [1.165, 1.54) is 64.2 Å². The number of hydrogen-bond acceptors (Lipinski definition) is 6. The van der Waals surface area contributed by atoms with Gasteiger partial charge in [-0.2, -0.15) is 0 Å². The second-order valence-corrected chi connectivity index (χ2v) is 18.1. The number of phosphoric ester groups is 1. The van der Waals surface area contributed by atoms with Crippen molar-refractivity contribution < 1.29 is 32.9 Å². The molecule has 0 spiro atoms. The summed E-state index contributed by atoms with van der Waals surface area (Å²) in [6.45, 7) is 4.56. The van der Waals surface area contributed by atoms with Gasteiger partial charge in [-0.25, -0.2) is 0 Å². The zero-order valence-corrected chi connectivity index (χ0v) is 38.9. The van der Waals surface area contributed by atoms with E-state index in [1.54, 1.807) is 0 Å². The van der Waals surface area contributed by atoms with Crippen LogP contribution in [0, 0.1) is 0 Å². The molecule has 0 saturated heterocycles. The maximum absolute atomic E-state index is 12.9. The van der Waals surface area contributed by atoms with E-state index in [0.29, 0.717) is 23.9 Å². The Morgan fingerprint density at radius 2 is 1.05 bits per heavy atom. The van der Waals surface area contributed by atoms with Gasteiger partial charge in [-0.1, -0.05) is 183 Å². The molecule has 2 N–H and O–H groups in total. The average Bonchev–Trinajstić information content (AvgIpc) is 3.17. The molecule has 1 amide bonds. The Labute approximate surface area is 357 Å². The molecule has 9 heteroatoms. The third-order valence-corrected chi connectivity index (χ3v) is 10.9. The van der Waals surface area contributed by atoms with Gasteiger partial charge in [-0.15, -0.1) is 0 Å². The first-order chi connectivity index (χ1) is 28.0. The molecule has 8 nitrogen and oxygen atoms in total.